The summed E-state index contributed by atoms with van der Waals surface area (Å²) in [6, 6.07) is 18.9. The first-order chi connectivity index (χ1) is 14.7. The predicted octanol–water partition coefficient (Wildman–Crippen LogP) is 5.64. The lowest BCUT2D eigenvalue weighted by Gasteiger charge is -2.18. The van der Waals surface area contributed by atoms with Crippen molar-refractivity contribution in [2.45, 2.75) is 38.1 Å². The minimum atomic E-state index is -3.75. The first kappa shape index (κ1) is 22.8. The predicted molar refractivity (Wildman–Crippen MR) is 125 cm³/mol. The second-order valence-electron chi connectivity index (χ2n) is 7.46. The molecule has 0 saturated carbocycles. The maximum Gasteiger partial charge on any atom is 0.261 e. The van der Waals surface area contributed by atoms with Gasteiger partial charge in [-0.15, -0.1) is 0 Å². The van der Waals surface area contributed by atoms with Crippen molar-refractivity contribution in [1.82, 2.24) is 5.32 Å². The number of rotatable bonds is 7. The summed E-state index contributed by atoms with van der Waals surface area (Å²) >= 11 is 6.32. The molecule has 3 aromatic rings. The van der Waals surface area contributed by atoms with Crippen LogP contribution in [0.1, 0.15) is 46.4 Å². The van der Waals surface area contributed by atoms with Gasteiger partial charge in [0.2, 0.25) is 0 Å². The van der Waals surface area contributed by atoms with Crippen molar-refractivity contribution >= 4 is 33.2 Å². The van der Waals surface area contributed by atoms with E-state index in [2.05, 4.69) is 10.0 Å². The Balaban J connectivity index is 1.75. The molecule has 0 fully saturated rings. The summed E-state index contributed by atoms with van der Waals surface area (Å²) in [4.78, 5) is 12.9. The monoisotopic (exact) mass is 456 g/mol. The summed E-state index contributed by atoms with van der Waals surface area (Å²) in [6.07, 6.45) is 0.723. The molecule has 0 heterocycles. The number of carbonyl (C=O) groups excluding carboxylic acids is 1. The van der Waals surface area contributed by atoms with E-state index in [0.717, 1.165) is 23.1 Å². The van der Waals surface area contributed by atoms with Crippen molar-refractivity contribution < 1.29 is 13.2 Å². The summed E-state index contributed by atoms with van der Waals surface area (Å²) in [7, 11) is -3.75. The van der Waals surface area contributed by atoms with Crippen LogP contribution in [0.4, 0.5) is 5.69 Å². The molecule has 1 atom stereocenters. The molecule has 1 amide bonds. The molecule has 3 rings (SSSR count). The number of carbonyl (C=O) groups is 1. The normalized spacial score (nSPS) is 12.3. The van der Waals surface area contributed by atoms with E-state index >= 15 is 0 Å². The van der Waals surface area contributed by atoms with Gasteiger partial charge in [-0.2, -0.15) is 0 Å². The van der Waals surface area contributed by atoms with Crippen molar-refractivity contribution in [3.63, 3.8) is 0 Å². The van der Waals surface area contributed by atoms with Gasteiger partial charge in [0.25, 0.3) is 15.9 Å². The Labute approximate surface area is 188 Å². The molecule has 0 radical (unpaired) electrons. The SMILES string of the molecule is CC[C@@H](NC(=O)c1ccc(NS(=O)(=O)c2ccc(C)cc2)cc1Cl)c1ccc(C)cc1. The summed E-state index contributed by atoms with van der Waals surface area (Å²) in [5.74, 6) is -0.314. The van der Waals surface area contributed by atoms with Crippen LogP contribution in [-0.4, -0.2) is 14.3 Å². The quantitative estimate of drug-likeness (QED) is 0.483. The average Bonchev–Trinajstić information content (AvgIpc) is 2.72. The number of aryl methyl sites for hydroxylation is 2. The number of halogens is 1. The Bertz CT molecular complexity index is 1170. The standard InChI is InChI=1S/C24H25ClN2O3S/c1-4-23(18-9-5-16(2)6-10-18)26-24(28)21-14-11-19(15-22(21)25)27-31(29,30)20-12-7-17(3)8-13-20/h5-15,23,27H,4H2,1-3H3,(H,26,28)/t23-/m1/s1. The topological polar surface area (TPSA) is 75.3 Å². The molecular formula is C24H25ClN2O3S. The van der Waals surface area contributed by atoms with Gasteiger partial charge in [-0.05, 0) is 56.2 Å². The third-order valence-corrected chi connectivity index (χ3v) is 6.70. The highest BCUT2D eigenvalue weighted by Gasteiger charge is 2.18. The molecule has 0 saturated heterocycles. The second-order valence-corrected chi connectivity index (χ2v) is 9.55. The zero-order valence-corrected chi connectivity index (χ0v) is 19.2. The Morgan fingerprint density at radius 3 is 2.06 bits per heavy atom. The summed E-state index contributed by atoms with van der Waals surface area (Å²) in [5, 5.41) is 3.16. The van der Waals surface area contributed by atoms with Gasteiger partial charge in [0, 0.05) is 0 Å². The second kappa shape index (κ2) is 9.54. The molecule has 0 aliphatic heterocycles. The third-order valence-electron chi connectivity index (χ3n) is 4.99. The van der Waals surface area contributed by atoms with Crippen LogP contribution >= 0.6 is 11.6 Å². The van der Waals surface area contributed by atoms with Crippen LogP contribution in [0, 0.1) is 13.8 Å². The van der Waals surface area contributed by atoms with E-state index in [-0.39, 0.29) is 33.1 Å². The van der Waals surface area contributed by atoms with Crippen molar-refractivity contribution in [3.05, 3.63) is 94.0 Å². The van der Waals surface area contributed by atoms with Crippen LogP contribution in [0.25, 0.3) is 0 Å². The van der Waals surface area contributed by atoms with Gasteiger partial charge in [0.15, 0.2) is 0 Å². The molecule has 0 aromatic heterocycles. The number of amides is 1. The van der Waals surface area contributed by atoms with Crippen molar-refractivity contribution in [2.24, 2.45) is 0 Å². The van der Waals surface area contributed by atoms with E-state index in [0.29, 0.717) is 0 Å². The minimum Gasteiger partial charge on any atom is -0.345 e. The van der Waals surface area contributed by atoms with Crippen molar-refractivity contribution in [3.8, 4) is 0 Å². The maximum absolute atomic E-state index is 12.8. The van der Waals surface area contributed by atoms with Crippen LogP contribution in [0.3, 0.4) is 0 Å². The number of nitrogens with one attached hydrogen (secondary N) is 2. The summed E-state index contributed by atoms with van der Waals surface area (Å²) in [6.45, 7) is 5.89. The molecule has 0 bridgehead atoms. The fraction of sp³-hybridized carbons (Fsp3) is 0.208. The third kappa shape index (κ3) is 5.66. The van der Waals surface area contributed by atoms with Crippen molar-refractivity contribution in [2.75, 3.05) is 4.72 Å². The smallest absolute Gasteiger partial charge is 0.261 e. The lowest BCUT2D eigenvalue weighted by Crippen LogP contribution is -2.28. The Kier molecular flexibility index (Phi) is 7.03. The summed E-state index contributed by atoms with van der Waals surface area (Å²) < 4.78 is 27.6. The highest BCUT2D eigenvalue weighted by atomic mass is 35.5. The average molecular weight is 457 g/mol. The molecule has 0 aliphatic carbocycles. The lowest BCUT2D eigenvalue weighted by molar-refractivity contribution is 0.0935. The van der Waals surface area contributed by atoms with E-state index in [1.807, 2.05) is 45.0 Å². The number of anilines is 1. The van der Waals surface area contributed by atoms with Gasteiger partial charge >= 0.3 is 0 Å². The maximum atomic E-state index is 12.8. The van der Waals surface area contributed by atoms with Crippen LogP contribution in [0.2, 0.25) is 5.02 Å². The summed E-state index contributed by atoms with van der Waals surface area (Å²) in [5.41, 5.74) is 3.70. The van der Waals surface area contributed by atoms with Gasteiger partial charge < -0.3 is 5.32 Å². The van der Waals surface area contributed by atoms with Gasteiger partial charge in [-0.25, -0.2) is 8.42 Å². The lowest BCUT2D eigenvalue weighted by atomic mass is 10.0. The molecule has 0 aliphatic rings. The van der Waals surface area contributed by atoms with Crippen molar-refractivity contribution in [1.29, 1.82) is 0 Å². The Hall–Kier alpha value is -2.83. The van der Waals surface area contributed by atoms with Crippen LogP contribution in [0.15, 0.2) is 71.6 Å². The van der Waals surface area contributed by atoms with Crippen LogP contribution < -0.4 is 10.0 Å². The molecule has 162 valence electrons. The van der Waals surface area contributed by atoms with Crippen LogP contribution in [-0.2, 0) is 10.0 Å². The number of hydrogen-bond donors (Lipinski definition) is 2. The van der Waals surface area contributed by atoms with E-state index in [1.165, 1.54) is 30.3 Å². The van der Waals surface area contributed by atoms with Gasteiger partial charge in [0.1, 0.15) is 0 Å². The number of hydrogen-bond acceptors (Lipinski definition) is 3. The minimum absolute atomic E-state index is 0.149. The fourth-order valence-electron chi connectivity index (χ4n) is 3.15. The Morgan fingerprint density at radius 1 is 0.935 bits per heavy atom. The molecule has 0 unspecified atom stereocenters. The van der Waals surface area contributed by atoms with E-state index in [1.54, 1.807) is 12.1 Å². The Morgan fingerprint density at radius 2 is 1.52 bits per heavy atom. The molecule has 3 aromatic carbocycles. The van der Waals surface area contributed by atoms with E-state index in [4.69, 9.17) is 11.6 Å². The zero-order chi connectivity index (χ0) is 22.6. The first-order valence-electron chi connectivity index (χ1n) is 9.96. The highest BCUT2D eigenvalue weighted by Crippen LogP contribution is 2.25. The number of benzene rings is 3. The first-order valence-corrected chi connectivity index (χ1v) is 11.8. The fourth-order valence-corrected chi connectivity index (χ4v) is 4.47. The molecule has 5 nitrogen and oxygen atoms in total. The highest BCUT2D eigenvalue weighted by molar-refractivity contribution is 7.92. The molecule has 31 heavy (non-hydrogen) atoms. The van der Waals surface area contributed by atoms with Crippen LogP contribution in [0.5, 0.6) is 0 Å². The van der Waals surface area contributed by atoms with E-state index < -0.39 is 10.0 Å². The molecular weight excluding hydrogens is 432 g/mol. The molecule has 2 N–H and O–H groups in total. The zero-order valence-electron chi connectivity index (χ0n) is 17.6. The largest absolute Gasteiger partial charge is 0.345 e. The molecule has 7 heteroatoms. The van der Waals surface area contributed by atoms with E-state index in [9.17, 15) is 13.2 Å². The number of sulfonamides is 1. The molecule has 0 spiro atoms. The van der Waals surface area contributed by atoms with Gasteiger partial charge in [-0.1, -0.05) is 66.0 Å². The van der Waals surface area contributed by atoms with Gasteiger partial charge in [-0.3, -0.25) is 9.52 Å². The van der Waals surface area contributed by atoms with Gasteiger partial charge in [0.05, 0.1) is 27.2 Å².